The van der Waals surface area contributed by atoms with E-state index >= 15 is 0 Å². The molecule has 6 nitrogen and oxygen atoms in total. The Morgan fingerprint density at radius 2 is 2.07 bits per heavy atom. The van der Waals surface area contributed by atoms with Crippen LogP contribution in [0.1, 0.15) is 47.7 Å². The van der Waals surface area contributed by atoms with Gasteiger partial charge in [0.05, 0.1) is 6.54 Å². The molecule has 3 aromatic rings. The van der Waals surface area contributed by atoms with Gasteiger partial charge in [-0.05, 0) is 36.0 Å². The first kappa shape index (κ1) is 19.6. The normalized spacial score (nSPS) is 17.1. The Morgan fingerprint density at radius 3 is 2.75 bits per heavy atom. The van der Waals surface area contributed by atoms with Crippen LogP contribution in [0.2, 0.25) is 0 Å². The molecule has 1 fully saturated rings. The van der Waals surface area contributed by atoms with Crippen molar-refractivity contribution in [2.75, 3.05) is 7.11 Å². The average Bonchev–Trinajstić information content (AvgIpc) is 3.17. The zero-order chi connectivity index (χ0) is 19.9. The van der Waals surface area contributed by atoms with Gasteiger partial charge < -0.3 is 19.0 Å². The number of rotatable bonds is 5. The molecule has 2 heterocycles. The van der Waals surface area contributed by atoms with Gasteiger partial charge in [0.2, 0.25) is 5.76 Å². The van der Waals surface area contributed by atoms with Gasteiger partial charge in [-0.1, -0.05) is 30.1 Å². The van der Waals surface area contributed by atoms with Crippen LogP contribution in [0.5, 0.6) is 0 Å². The van der Waals surface area contributed by atoms with Crippen molar-refractivity contribution in [1.29, 1.82) is 0 Å². The van der Waals surface area contributed by atoms with Gasteiger partial charge in [0, 0.05) is 43.5 Å². The third kappa shape index (κ3) is 4.56. The van der Waals surface area contributed by atoms with Crippen LogP contribution in [-0.2, 0) is 17.8 Å². The molecule has 6 heteroatoms. The number of carbonyl (C=O) groups is 1. The van der Waals surface area contributed by atoms with Gasteiger partial charge in [0.1, 0.15) is 17.8 Å². The highest BCUT2D eigenvalue weighted by molar-refractivity contribution is 5.61. The summed E-state index contributed by atoms with van der Waals surface area (Å²) in [4.78, 5) is 15.1. The van der Waals surface area contributed by atoms with E-state index in [4.69, 9.17) is 9.63 Å². The van der Waals surface area contributed by atoms with E-state index in [9.17, 15) is 4.79 Å². The van der Waals surface area contributed by atoms with Gasteiger partial charge in [-0.15, -0.1) is 0 Å². The third-order valence-corrected chi connectivity index (χ3v) is 4.69. The molecule has 1 aliphatic rings. The minimum Gasteiger partial charge on any atom is -0.400 e. The topological polar surface area (TPSA) is 81.2 Å². The van der Waals surface area contributed by atoms with E-state index in [0.29, 0.717) is 18.2 Å². The number of benzene rings is 1. The number of aldehydes is 1. The number of aliphatic hydroxyl groups excluding tert-OH is 1. The predicted molar refractivity (Wildman–Crippen MR) is 105 cm³/mol. The Hall–Kier alpha value is -3.17. The zero-order valence-electron chi connectivity index (χ0n) is 16.0. The van der Waals surface area contributed by atoms with Crippen LogP contribution in [0.4, 0.5) is 0 Å². The van der Waals surface area contributed by atoms with Crippen molar-refractivity contribution in [2.24, 2.45) is 5.92 Å². The second kappa shape index (κ2) is 9.16. The molecule has 0 saturated heterocycles. The van der Waals surface area contributed by atoms with Gasteiger partial charge in [-0.25, -0.2) is 4.98 Å². The maximum absolute atomic E-state index is 10.8. The van der Waals surface area contributed by atoms with E-state index in [1.54, 1.807) is 6.20 Å². The lowest BCUT2D eigenvalue weighted by Crippen LogP contribution is -2.03. The first-order valence-electron chi connectivity index (χ1n) is 9.24. The fourth-order valence-corrected chi connectivity index (χ4v) is 3.11. The Balaban J connectivity index is 0.00000109. The lowest BCUT2D eigenvalue weighted by molar-refractivity contribution is -0.108. The Bertz CT molecular complexity index is 976. The molecule has 2 unspecified atom stereocenters. The average molecular weight is 377 g/mol. The van der Waals surface area contributed by atoms with Crippen molar-refractivity contribution < 1.29 is 14.4 Å². The molecule has 28 heavy (non-hydrogen) atoms. The summed E-state index contributed by atoms with van der Waals surface area (Å²) in [5, 5.41) is 11.1. The molecular weight excluding hydrogens is 354 g/mol. The van der Waals surface area contributed by atoms with E-state index in [1.165, 1.54) is 5.56 Å². The maximum Gasteiger partial charge on any atom is 0.210 e. The van der Waals surface area contributed by atoms with E-state index in [1.807, 2.05) is 24.4 Å². The van der Waals surface area contributed by atoms with Crippen molar-refractivity contribution in [3.05, 3.63) is 71.1 Å². The number of aryl methyl sites for hydroxylation is 1. The Morgan fingerprint density at radius 1 is 1.29 bits per heavy atom. The molecule has 1 saturated carbocycles. The van der Waals surface area contributed by atoms with Crippen LogP contribution in [0.3, 0.4) is 0 Å². The largest absolute Gasteiger partial charge is 0.400 e. The summed E-state index contributed by atoms with van der Waals surface area (Å²) in [6.45, 7) is 2.70. The Labute approximate surface area is 164 Å². The summed E-state index contributed by atoms with van der Waals surface area (Å²) in [6, 6.07) is 9.93. The summed E-state index contributed by atoms with van der Waals surface area (Å²) in [5.41, 5.74) is 2.95. The number of imidazole rings is 1. The van der Waals surface area contributed by atoms with Crippen molar-refractivity contribution in [1.82, 2.24) is 14.7 Å². The fraction of sp³-hybridized carbons (Fsp3) is 0.318. The SMILES string of the molecule is CCc1nccn1Cc1cc(C#Cc2ccc(C3CC3C=O)cc2)on1.CO. The first-order chi connectivity index (χ1) is 13.8. The molecule has 0 spiro atoms. The van der Waals surface area contributed by atoms with Crippen LogP contribution in [0.25, 0.3) is 0 Å². The quantitative estimate of drug-likeness (QED) is 0.546. The van der Waals surface area contributed by atoms with Crippen LogP contribution in [-0.4, -0.2) is 33.2 Å². The number of hydrogen-bond donors (Lipinski definition) is 1. The number of carbonyl (C=O) groups excluding carboxylic acids is 1. The van der Waals surface area contributed by atoms with E-state index < -0.39 is 0 Å². The molecule has 1 aromatic carbocycles. The minimum atomic E-state index is 0.197. The molecule has 0 aliphatic heterocycles. The van der Waals surface area contributed by atoms with Crippen molar-refractivity contribution in [2.45, 2.75) is 32.2 Å². The molecule has 0 bridgehead atoms. The highest BCUT2D eigenvalue weighted by Crippen LogP contribution is 2.45. The number of aromatic nitrogens is 3. The van der Waals surface area contributed by atoms with Gasteiger partial charge in [-0.3, -0.25) is 0 Å². The van der Waals surface area contributed by atoms with Crippen LogP contribution in [0, 0.1) is 17.8 Å². The monoisotopic (exact) mass is 377 g/mol. The first-order valence-corrected chi connectivity index (χ1v) is 9.24. The van der Waals surface area contributed by atoms with Crippen molar-refractivity contribution in [3.8, 4) is 11.8 Å². The molecule has 2 atom stereocenters. The summed E-state index contributed by atoms with van der Waals surface area (Å²) >= 11 is 0. The minimum absolute atomic E-state index is 0.197. The fourth-order valence-electron chi connectivity index (χ4n) is 3.11. The van der Waals surface area contributed by atoms with Gasteiger partial charge >= 0.3 is 0 Å². The lowest BCUT2D eigenvalue weighted by atomic mass is 10.1. The van der Waals surface area contributed by atoms with Crippen molar-refractivity contribution >= 4 is 6.29 Å². The summed E-state index contributed by atoms with van der Waals surface area (Å²) in [7, 11) is 1.00. The molecule has 0 amide bonds. The zero-order valence-corrected chi connectivity index (χ0v) is 16.0. The standard InChI is InChI=1S/C21H19N3O2.CH4O/c1-2-21-22-9-10-24(21)13-18-12-19(26-23-18)8-5-15-3-6-16(7-4-15)20-11-17(20)14-25;1-2/h3-4,6-7,9-10,12,14,17,20H,2,11,13H2,1H3;2H,1H3. The van der Waals surface area contributed by atoms with E-state index in [2.05, 4.69) is 45.6 Å². The molecular formula is C22H23N3O3. The van der Waals surface area contributed by atoms with E-state index in [0.717, 1.165) is 43.3 Å². The van der Waals surface area contributed by atoms with Gasteiger partial charge in [-0.2, -0.15) is 0 Å². The van der Waals surface area contributed by atoms with Crippen molar-refractivity contribution in [3.63, 3.8) is 0 Å². The smallest absolute Gasteiger partial charge is 0.210 e. The van der Waals surface area contributed by atoms with Crippen LogP contribution < -0.4 is 0 Å². The Kier molecular flexibility index (Phi) is 6.41. The summed E-state index contributed by atoms with van der Waals surface area (Å²) < 4.78 is 7.37. The lowest BCUT2D eigenvalue weighted by Gasteiger charge is -2.02. The highest BCUT2D eigenvalue weighted by Gasteiger charge is 2.37. The van der Waals surface area contributed by atoms with Gasteiger partial charge in [0.25, 0.3) is 0 Å². The number of nitrogens with zero attached hydrogens (tertiary/aromatic N) is 3. The van der Waals surface area contributed by atoms with Gasteiger partial charge in [0.15, 0.2) is 0 Å². The molecule has 4 rings (SSSR count). The predicted octanol–water partition coefficient (Wildman–Crippen LogP) is 2.79. The number of hydrogen-bond acceptors (Lipinski definition) is 5. The maximum atomic E-state index is 10.8. The van der Waals surface area contributed by atoms with Crippen LogP contribution >= 0.6 is 0 Å². The molecule has 144 valence electrons. The molecule has 1 aliphatic carbocycles. The second-order valence-corrected chi connectivity index (χ2v) is 6.52. The van der Waals surface area contributed by atoms with E-state index in [-0.39, 0.29) is 5.92 Å². The molecule has 1 N–H and O–H groups in total. The third-order valence-electron chi connectivity index (χ3n) is 4.69. The molecule has 0 radical (unpaired) electrons. The second-order valence-electron chi connectivity index (χ2n) is 6.52. The molecule has 2 aromatic heterocycles. The summed E-state index contributed by atoms with van der Waals surface area (Å²) in [6.07, 6.45) is 6.62. The highest BCUT2D eigenvalue weighted by atomic mass is 16.5. The summed E-state index contributed by atoms with van der Waals surface area (Å²) in [5.74, 6) is 8.27. The van der Waals surface area contributed by atoms with Crippen LogP contribution in [0.15, 0.2) is 47.2 Å². The number of aliphatic hydroxyl groups is 1.